The van der Waals surface area contributed by atoms with Gasteiger partial charge in [0.1, 0.15) is 11.6 Å². The van der Waals surface area contributed by atoms with E-state index in [-0.39, 0.29) is 17.6 Å². The van der Waals surface area contributed by atoms with Crippen LogP contribution in [0.4, 0.5) is 8.78 Å². The van der Waals surface area contributed by atoms with Gasteiger partial charge < -0.3 is 10.1 Å². The van der Waals surface area contributed by atoms with E-state index in [1.165, 1.54) is 18.2 Å². The standard InChI is InChI=1S/C14H21F2NO/c1-4-6-11(9-18-3)17-10(2)14-12(15)7-5-8-13(14)16/h5,7-8,10-11,17H,4,6,9H2,1-3H3. The second-order valence-corrected chi connectivity index (χ2v) is 4.46. The molecule has 0 heterocycles. The van der Waals surface area contributed by atoms with Crippen molar-refractivity contribution in [2.45, 2.75) is 38.8 Å². The minimum atomic E-state index is -0.511. The number of nitrogens with one attached hydrogen (secondary N) is 1. The van der Waals surface area contributed by atoms with E-state index in [1.807, 2.05) is 0 Å². The molecule has 0 bridgehead atoms. The molecule has 102 valence electrons. The number of benzene rings is 1. The van der Waals surface area contributed by atoms with E-state index in [0.717, 1.165) is 12.8 Å². The van der Waals surface area contributed by atoms with Gasteiger partial charge in [-0.3, -0.25) is 0 Å². The van der Waals surface area contributed by atoms with Gasteiger partial charge >= 0.3 is 0 Å². The summed E-state index contributed by atoms with van der Waals surface area (Å²) in [7, 11) is 1.62. The summed E-state index contributed by atoms with van der Waals surface area (Å²) in [6.45, 7) is 4.37. The Kier molecular flexibility index (Phi) is 6.22. The van der Waals surface area contributed by atoms with E-state index < -0.39 is 11.6 Å². The lowest BCUT2D eigenvalue weighted by molar-refractivity contribution is 0.156. The first-order valence-electron chi connectivity index (χ1n) is 6.29. The lowest BCUT2D eigenvalue weighted by Gasteiger charge is -2.23. The summed E-state index contributed by atoms with van der Waals surface area (Å²) >= 11 is 0. The summed E-state index contributed by atoms with van der Waals surface area (Å²) in [6.07, 6.45) is 1.90. The van der Waals surface area contributed by atoms with Crippen molar-refractivity contribution in [1.29, 1.82) is 0 Å². The SMILES string of the molecule is CCCC(COC)NC(C)c1c(F)cccc1F. The summed E-state index contributed by atoms with van der Waals surface area (Å²) in [4.78, 5) is 0. The summed E-state index contributed by atoms with van der Waals surface area (Å²) in [5.41, 5.74) is 0.0923. The largest absolute Gasteiger partial charge is 0.383 e. The fraction of sp³-hybridized carbons (Fsp3) is 0.571. The lowest BCUT2D eigenvalue weighted by Crippen LogP contribution is -2.35. The van der Waals surface area contributed by atoms with Crippen LogP contribution in [0, 0.1) is 11.6 Å². The molecule has 1 aromatic carbocycles. The Labute approximate surface area is 107 Å². The molecule has 0 aliphatic heterocycles. The molecule has 2 unspecified atom stereocenters. The summed E-state index contributed by atoms with van der Waals surface area (Å²) < 4.78 is 32.3. The van der Waals surface area contributed by atoms with Gasteiger partial charge in [-0.25, -0.2) is 8.78 Å². The van der Waals surface area contributed by atoms with Crippen molar-refractivity contribution < 1.29 is 13.5 Å². The van der Waals surface area contributed by atoms with Crippen molar-refractivity contribution >= 4 is 0 Å². The molecule has 0 aliphatic rings. The number of halogens is 2. The number of methoxy groups -OCH3 is 1. The third-order valence-corrected chi connectivity index (χ3v) is 2.92. The fourth-order valence-corrected chi connectivity index (χ4v) is 2.13. The normalized spacial score (nSPS) is 14.5. The topological polar surface area (TPSA) is 21.3 Å². The molecule has 1 aromatic rings. The second kappa shape index (κ2) is 7.44. The molecule has 0 amide bonds. The van der Waals surface area contributed by atoms with Gasteiger partial charge in [-0.15, -0.1) is 0 Å². The predicted molar refractivity (Wildman–Crippen MR) is 68.5 cm³/mol. The maximum Gasteiger partial charge on any atom is 0.130 e. The Morgan fingerprint density at radius 3 is 2.39 bits per heavy atom. The molecule has 0 spiro atoms. The minimum absolute atomic E-state index is 0.0923. The van der Waals surface area contributed by atoms with Crippen LogP contribution in [-0.4, -0.2) is 19.8 Å². The average molecular weight is 257 g/mol. The Balaban J connectivity index is 2.76. The number of hydrogen-bond donors (Lipinski definition) is 1. The first-order chi connectivity index (χ1) is 8.60. The highest BCUT2D eigenvalue weighted by atomic mass is 19.1. The molecule has 0 fully saturated rings. The van der Waals surface area contributed by atoms with Crippen LogP contribution < -0.4 is 5.32 Å². The van der Waals surface area contributed by atoms with Gasteiger partial charge in [0.15, 0.2) is 0 Å². The highest BCUT2D eigenvalue weighted by molar-refractivity contribution is 5.22. The van der Waals surface area contributed by atoms with Crippen molar-refractivity contribution in [3.8, 4) is 0 Å². The highest BCUT2D eigenvalue weighted by Crippen LogP contribution is 2.21. The van der Waals surface area contributed by atoms with E-state index in [1.54, 1.807) is 14.0 Å². The Hall–Kier alpha value is -1.00. The molecule has 0 saturated carbocycles. The molecule has 2 atom stereocenters. The quantitative estimate of drug-likeness (QED) is 0.808. The van der Waals surface area contributed by atoms with Crippen LogP contribution in [0.2, 0.25) is 0 Å². The van der Waals surface area contributed by atoms with Crippen molar-refractivity contribution in [2.75, 3.05) is 13.7 Å². The summed E-state index contributed by atoms with van der Waals surface area (Å²) in [5, 5.41) is 3.21. The zero-order valence-electron chi connectivity index (χ0n) is 11.2. The zero-order valence-corrected chi connectivity index (χ0v) is 11.2. The number of ether oxygens (including phenoxy) is 1. The second-order valence-electron chi connectivity index (χ2n) is 4.46. The maximum absolute atomic E-state index is 13.6. The summed E-state index contributed by atoms with van der Waals surface area (Å²) in [6, 6.07) is 3.66. The van der Waals surface area contributed by atoms with Crippen LogP contribution >= 0.6 is 0 Å². The van der Waals surface area contributed by atoms with Crippen LogP contribution in [0.1, 0.15) is 38.3 Å². The van der Waals surface area contributed by atoms with E-state index in [4.69, 9.17) is 4.74 Å². The third kappa shape index (κ3) is 4.03. The Morgan fingerprint density at radius 1 is 1.28 bits per heavy atom. The third-order valence-electron chi connectivity index (χ3n) is 2.92. The first-order valence-corrected chi connectivity index (χ1v) is 6.29. The molecule has 0 aliphatic carbocycles. The van der Waals surface area contributed by atoms with E-state index in [9.17, 15) is 8.78 Å². The molecule has 0 radical (unpaired) electrons. The average Bonchev–Trinajstić information content (AvgIpc) is 2.29. The monoisotopic (exact) mass is 257 g/mol. The van der Waals surface area contributed by atoms with Crippen molar-refractivity contribution in [1.82, 2.24) is 5.32 Å². The van der Waals surface area contributed by atoms with E-state index in [2.05, 4.69) is 12.2 Å². The summed E-state index contributed by atoms with van der Waals surface area (Å²) in [5.74, 6) is -1.02. The van der Waals surface area contributed by atoms with Gasteiger partial charge in [-0.2, -0.15) is 0 Å². The van der Waals surface area contributed by atoms with Crippen molar-refractivity contribution in [3.63, 3.8) is 0 Å². The van der Waals surface area contributed by atoms with Crippen molar-refractivity contribution in [3.05, 3.63) is 35.4 Å². The van der Waals surface area contributed by atoms with Crippen LogP contribution in [0.15, 0.2) is 18.2 Å². The molecule has 4 heteroatoms. The minimum Gasteiger partial charge on any atom is -0.383 e. The van der Waals surface area contributed by atoms with E-state index >= 15 is 0 Å². The predicted octanol–water partition coefficient (Wildman–Crippen LogP) is 3.43. The lowest BCUT2D eigenvalue weighted by atomic mass is 10.0. The molecule has 0 saturated heterocycles. The van der Waals surface area contributed by atoms with Gasteiger partial charge in [0, 0.05) is 24.8 Å². The van der Waals surface area contributed by atoms with Gasteiger partial charge in [0.2, 0.25) is 0 Å². The molecular formula is C14H21F2NO. The van der Waals surface area contributed by atoms with Gasteiger partial charge in [0.05, 0.1) is 6.61 Å². The van der Waals surface area contributed by atoms with E-state index in [0.29, 0.717) is 6.61 Å². The van der Waals surface area contributed by atoms with Gasteiger partial charge in [-0.1, -0.05) is 19.4 Å². The number of rotatable bonds is 7. The smallest absolute Gasteiger partial charge is 0.130 e. The molecule has 2 nitrogen and oxygen atoms in total. The molecular weight excluding hydrogens is 236 g/mol. The Morgan fingerprint density at radius 2 is 1.89 bits per heavy atom. The van der Waals surface area contributed by atoms with Crippen LogP contribution in [0.3, 0.4) is 0 Å². The molecule has 0 aromatic heterocycles. The maximum atomic E-state index is 13.6. The van der Waals surface area contributed by atoms with Crippen LogP contribution in [0.5, 0.6) is 0 Å². The molecule has 1 rings (SSSR count). The van der Waals surface area contributed by atoms with Crippen molar-refractivity contribution in [2.24, 2.45) is 0 Å². The van der Waals surface area contributed by atoms with Crippen LogP contribution in [0.25, 0.3) is 0 Å². The van der Waals surface area contributed by atoms with Gasteiger partial charge in [-0.05, 0) is 25.5 Å². The molecule has 1 N–H and O–H groups in total. The first kappa shape index (κ1) is 15.1. The molecule has 18 heavy (non-hydrogen) atoms. The van der Waals surface area contributed by atoms with Gasteiger partial charge in [0.25, 0.3) is 0 Å². The number of hydrogen-bond acceptors (Lipinski definition) is 2. The highest BCUT2D eigenvalue weighted by Gasteiger charge is 2.18. The Bertz CT molecular complexity index is 345. The van der Waals surface area contributed by atoms with Crippen LogP contribution in [-0.2, 0) is 4.74 Å². The fourth-order valence-electron chi connectivity index (χ4n) is 2.13. The zero-order chi connectivity index (χ0) is 13.5.